The number of rotatable bonds is 4. The lowest BCUT2D eigenvalue weighted by Crippen LogP contribution is -2.46. The van der Waals surface area contributed by atoms with E-state index in [1.54, 1.807) is 0 Å². The van der Waals surface area contributed by atoms with Gasteiger partial charge in [0.15, 0.2) is 0 Å². The van der Waals surface area contributed by atoms with E-state index in [2.05, 4.69) is 29.6 Å². The first-order chi connectivity index (χ1) is 8.14. The largest absolute Gasteiger partial charge is 0.355 e. The number of hydrogen-bond acceptors (Lipinski definition) is 1. The molecule has 1 fully saturated rings. The van der Waals surface area contributed by atoms with E-state index < -0.39 is 0 Å². The van der Waals surface area contributed by atoms with Crippen LogP contribution in [0.5, 0.6) is 0 Å². The number of nitrogens with one attached hydrogen (secondary N) is 1. The van der Waals surface area contributed by atoms with Gasteiger partial charge in [0.05, 0.1) is 0 Å². The highest BCUT2D eigenvalue weighted by molar-refractivity contribution is 5.78. The summed E-state index contributed by atoms with van der Waals surface area (Å²) in [6.07, 6.45) is 3.65. The Morgan fingerprint density at radius 2 is 1.94 bits per heavy atom. The van der Waals surface area contributed by atoms with Gasteiger partial charge in [-0.3, -0.25) is 4.79 Å². The van der Waals surface area contributed by atoms with Gasteiger partial charge in [0.1, 0.15) is 0 Å². The normalized spacial score (nSPS) is 17.6. The highest BCUT2D eigenvalue weighted by atomic mass is 16.1. The molecule has 0 unspecified atom stereocenters. The van der Waals surface area contributed by atoms with Gasteiger partial charge in [0.25, 0.3) is 0 Å². The highest BCUT2D eigenvalue weighted by Crippen LogP contribution is 2.43. The molecule has 0 aromatic heterocycles. The van der Waals surface area contributed by atoms with Crippen molar-refractivity contribution in [2.24, 2.45) is 5.92 Å². The molecule has 1 amide bonds. The van der Waals surface area contributed by atoms with Crippen molar-refractivity contribution in [1.29, 1.82) is 0 Å². The summed E-state index contributed by atoms with van der Waals surface area (Å²) >= 11 is 0. The van der Waals surface area contributed by atoms with Crippen LogP contribution in [0.25, 0.3) is 0 Å². The Morgan fingerprint density at radius 3 is 2.41 bits per heavy atom. The zero-order chi connectivity index (χ0) is 12.3. The third-order valence-corrected chi connectivity index (χ3v) is 3.82. The van der Waals surface area contributed by atoms with E-state index in [-0.39, 0.29) is 17.2 Å². The minimum Gasteiger partial charge on any atom is -0.355 e. The number of benzene rings is 1. The van der Waals surface area contributed by atoms with Gasteiger partial charge in [-0.15, -0.1) is 0 Å². The molecule has 0 aliphatic heterocycles. The molecule has 17 heavy (non-hydrogen) atoms. The first kappa shape index (κ1) is 12.2. The fourth-order valence-electron chi connectivity index (χ4n) is 2.42. The van der Waals surface area contributed by atoms with Crippen molar-refractivity contribution >= 4 is 5.91 Å². The molecule has 1 aromatic carbocycles. The van der Waals surface area contributed by atoms with Gasteiger partial charge in [-0.1, -0.05) is 50.6 Å². The third kappa shape index (κ3) is 2.51. The van der Waals surface area contributed by atoms with Gasteiger partial charge >= 0.3 is 0 Å². The first-order valence-electron chi connectivity index (χ1n) is 6.47. The standard InChI is InChI=1S/C15H21NO/c1-12(2)14(17)16-11-15(9-6-10-15)13-7-4-3-5-8-13/h3-5,7-8,12H,6,9-11H2,1-2H3,(H,16,17). The second kappa shape index (κ2) is 4.91. The van der Waals surface area contributed by atoms with Crippen LogP contribution in [0, 0.1) is 5.92 Å². The predicted octanol–water partition coefficient (Wildman–Crippen LogP) is 2.88. The minimum absolute atomic E-state index is 0.0721. The number of amides is 1. The molecule has 1 aromatic rings. The molecule has 0 bridgehead atoms. The van der Waals surface area contributed by atoms with Crippen LogP contribution in [0.4, 0.5) is 0 Å². The lowest BCUT2D eigenvalue weighted by Gasteiger charge is -2.42. The molecule has 0 spiro atoms. The van der Waals surface area contributed by atoms with Gasteiger partial charge in [-0.05, 0) is 18.4 Å². The summed E-state index contributed by atoms with van der Waals surface area (Å²) in [5, 5.41) is 3.08. The fourth-order valence-corrected chi connectivity index (χ4v) is 2.42. The molecule has 2 rings (SSSR count). The van der Waals surface area contributed by atoms with Gasteiger partial charge in [-0.25, -0.2) is 0 Å². The zero-order valence-electron chi connectivity index (χ0n) is 10.7. The SMILES string of the molecule is CC(C)C(=O)NCC1(c2ccccc2)CCC1. The maximum Gasteiger partial charge on any atom is 0.222 e. The highest BCUT2D eigenvalue weighted by Gasteiger charge is 2.38. The summed E-state index contributed by atoms with van der Waals surface area (Å²) in [4.78, 5) is 11.6. The van der Waals surface area contributed by atoms with E-state index in [0.717, 1.165) is 6.54 Å². The van der Waals surface area contributed by atoms with Crippen LogP contribution >= 0.6 is 0 Å². The van der Waals surface area contributed by atoms with Gasteiger partial charge in [0, 0.05) is 17.9 Å². The molecule has 2 nitrogen and oxygen atoms in total. The fraction of sp³-hybridized carbons (Fsp3) is 0.533. The lowest BCUT2D eigenvalue weighted by atomic mass is 9.64. The molecule has 2 heteroatoms. The second-order valence-corrected chi connectivity index (χ2v) is 5.37. The Balaban J connectivity index is 2.04. The number of hydrogen-bond donors (Lipinski definition) is 1. The Morgan fingerprint density at radius 1 is 1.29 bits per heavy atom. The maximum atomic E-state index is 11.6. The van der Waals surface area contributed by atoms with Gasteiger partial charge in [-0.2, -0.15) is 0 Å². The quantitative estimate of drug-likeness (QED) is 0.848. The zero-order valence-corrected chi connectivity index (χ0v) is 10.7. The van der Waals surface area contributed by atoms with Crippen LogP contribution < -0.4 is 5.32 Å². The Hall–Kier alpha value is -1.31. The molecule has 1 N–H and O–H groups in total. The van der Waals surface area contributed by atoms with Crippen molar-refractivity contribution in [2.75, 3.05) is 6.54 Å². The topological polar surface area (TPSA) is 29.1 Å². The van der Waals surface area contributed by atoms with E-state index in [1.165, 1.54) is 24.8 Å². The summed E-state index contributed by atoms with van der Waals surface area (Å²) in [5.74, 6) is 0.232. The molecule has 1 saturated carbocycles. The molecule has 0 atom stereocenters. The summed E-state index contributed by atoms with van der Waals surface area (Å²) in [7, 11) is 0. The van der Waals surface area contributed by atoms with Crippen molar-refractivity contribution in [2.45, 2.75) is 38.5 Å². The van der Waals surface area contributed by atoms with E-state index in [9.17, 15) is 4.79 Å². The summed E-state index contributed by atoms with van der Waals surface area (Å²) in [6.45, 7) is 4.66. The summed E-state index contributed by atoms with van der Waals surface area (Å²) < 4.78 is 0. The number of carbonyl (C=O) groups is 1. The van der Waals surface area contributed by atoms with Crippen molar-refractivity contribution in [1.82, 2.24) is 5.32 Å². The molecular formula is C15H21NO. The van der Waals surface area contributed by atoms with Crippen LogP contribution in [0.3, 0.4) is 0 Å². The molecule has 0 saturated heterocycles. The monoisotopic (exact) mass is 231 g/mol. The van der Waals surface area contributed by atoms with Crippen molar-refractivity contribution in [3.05, 3.63) is 35.9 Å². The van der Waals surface area contributed by atoms with Gasteiger partial charge in [0.2, 0.25) is 5.91 Å². The Bertz CT molecular complexity index is 379. The number of carbonyl (C=O) groups excluding carboxylic acids is 1. The summed E-state index contributed by atoms with van der Waals surface area (Å²) in [5.41, 5.74) is 1.57. The van der Waals surface area contributed by atoms with Crippen LogP contribution in [0.15, 0.2) is 30.3 Å². The smallest absolute Gasteiger partial charge is 0.222 e. The molecular weight excluding hydrogens is 210 g/mol. The van der Waals surface area contributed by atoms with E-state index in [0.29, 0.717) is 0 Å². The Labute approximate surface area is 103 Å². The summed E-state index contributed by atoms with van der Waals surface area (Å²) in [6, 6.07) is 10.6. The minimum atomic E-state index is 0.0721. The average Bonchev–Trinajstić information content (AvgIpc) is 2.28. The molecule has 92 valence electrons. The van der Waals surface area contributed by atoms with Crippen LogP contribution in [0.1, 0.15) is 38.7 Å². The van der Waals surface area contributed by atoms with Crippen molar-refractivity contribution in [3.63, 3.8) is 0 Å². The van der Waals surface area contributed by atoms with E-state index in [1.807, 2.05) is 19.9 Å². The van der Waals surface area contributed by atoms with Crippen molar-refractivity contribution < 1.29 is 4.79 Å². The molecule has 1 aliphatic rings. The van der Waals surface area contributed by atoms with E-state index >= 15 is 0 Å². The predicted molar refractivity (Wildman–Crippen MR) is 69.8 cm³/mol. The third-order valence-electron chi connectivity index (χ3n) is 3.82. The van der Waals surface area contributed by atoms with Crippen LogP contribution in [-0.4, -0.2) is 12.5 Å². The van der Waals surface area contributed by atoms with Crippen LogP contribution in [-0.2, 0) is 10.2 Å². The van der Waals surface area contributed by atoms with E-state index in [4.69, 9.17) is 0 Å². The first-order valence-corrected chi connectivity index (χ1v) is 6.47. The van der Waals surface area contributed by atoms with Crippen molar-refractivity contribution in [3.8, 4) is 0 Å². The lowest BCUT2D eigenvalue weighted by molar-refractivity contribution is -0.124. The van der Waals surface area contributed by atoms with Gasteiger partial charge < -0.3 is 5.32 Å². The maximum absolute atomic E-state index is 11.6. The molecule has 0 radical (unpaired) electrons. The van der Waals surface area contributed by atoms with Crippen LogP contribution in [0.2, 0.25) is 0 Å². The second-order valence-electron chi connectivity index (χ2n) is 5.37. The molecule has 1 aliphatic carbocycles. The Kier molecular flexibility index (Phi) is 3.51. The molecule has 0 heterocycles. The average molecular weight is 231 g/mol.